The fourth-order valence-corrected chi connectivity index (χ4v) is 1.90. The van der Waals surface area contributed by atoms with Gasteiger partial charge < -0.3 is 19.3 Å². The van der Waals surface area contributed by atoms with Crippen molar-refractivity contribution in [2.24, 2.45) is 0 Å². The van der Waals surface area contributed by atoms with Crippen LogP contribution in [0.4, 0.5) is 0 Å². The van der Waals surface area contributed by atoms with E-state index < -0.39 is 5.97 Å². The summed E-state index contributed by atoms with van der Waals surface area (Å²) >= 11 is 0. The number of carbonyl (C=O) groups excluding carboxylic acids is 1. The number of aromatic carboxylic acids is 1. The van der Waals surface area contributed by atoms with E-state index in [1.54, 1.807) is 11.8 Å². The molecule has 2 N–H and O–H groups in total. The van der Waals surface area contributed by atoms with E-state index in [0.717, 1.165) is 0 Å². The van der Waals surface area contributed by atoms with E-state index in [-0.39, 0.29) is 24.2 Å². The zero-order chi connectivity index (χ0) is 14.5. The fourth-order valence-electron chi connectivity index (χ4n) is 1.90. The van der Waals surface area contributed by atoms with Crippen LogP contribution in [-0.4, -0.2) is 59.4 Å². The number of rotatable bonds is 5. The van der Waals surface area contributed by atoms with Crippen molar-refractivity contribution in [1.82, 2.24) is 15.4 Å². The number of nitrogens with zero attached hydrogens (tertiary/aromatic N) is 2. The summed E-state index contributed by atoms with van der Waals surface area (Å²) in [6.45, 7) is 4.31. The van der Waals surface area contributed by atoms with Crippen LogP contribution < -0.4 is 5.32 Å². The van der Waals surface area contributed by atoms with Crippen LogP contribution in [0.1, 0.15) is 23.2 Å². The van der Waals surface area contributed by atoms with Crippen LogP contribution in [0, 0.1) is 0 Å². The summed E-state index contributed by atoms with van der Waals surface area (Å²) in [7, 11) is 0. The molecule has 8 nitrogen and oxygen atoms in total. The van der Waals surface area contributed by atoms with Gasteiger partial charge in [-0.3, -0.25) is 10.1 Å². The number of nitrogens with one attached hydrogen (secondary N) is 1. The molecular formula is C12H17N3O5. The van der Waals surface area contributed by atoms with Gasteiger partial charge in [-0.15, -0.1) is 0 Å². The quantitative estimate of drug-likeness (QED) is 0.765. The summed E-state index contributed by atoms with van der Waals surface area (Å²) in [4.78, 5) is 24.5. The van der Waals surface area contributed by atoms with Crippen LogP contribution in [-0.2, 0) is 16.1 Å². The molecule has 0 bridgehead atoms. The highest BCUT2D eigenvalue weighted by molar-refractivity contribution is 5.85. The molecule has 2 rings (SSSR count). The van der Waals surface area contributed by atoms with Crippen LogP contribution in [0.15, 0.2) is 10.6 Å². The monoisotopic (exact) mass is 283 g/mol. The maximum atomic E-state index is 12.1. The van der Waals surface area contributed by atoms with Crippen LogP contribution in [0.25, 0.3) is 0 Å². The van der Waals surface area contributed by atoms with Crippen molar-refractivity contribution in [1.29, 1.82) is 0 Å². The highest BCUT2D eigenvalue weighted by Crippen LogP contribution is 2.05. The van der Waals surface area contributed by atoms with Gasteiger partial charge in [0.25, 0.3) is 0 Å². The normalized spacial score (nSPS) is 16.9. The molecule has 1 aliphatic rings. The predicted octanol–water partition coefficient (Wildman–Crippen LogP) is -0.290. The Bertz CT molecular complexity index is 481. The highest BCUT2D eigenvalue weighted by atomic mass is 16.5. The van der Waals surface area contributed by atoms with Gasteiger partial charge in [0.2, 0.25) is 5.91 Å². The van der Waals surface area contributed by atoms with Gasteiger partial charge in [0.15, 0.2) is 11.5 Å². The van der Waals surface area contributed by atoms with E-state index in [4.69, 9.17) is 14.4 Å². The first-order valence-corrected chi connectivity index (χ1v) is 6.36. The molecule has 0 saturated carbocycles. The summed E-state index contributed by atoms with van der Waals surface area (Å²) in [5.74, 6) is -0.771. The van der Waals surface area contributed by atoms with Gasteiger partial charge >= 0.3 is 5.97 Å². The Kier molecular flexibility index (Phi) is 4.70. The summed E-state index contributed by atoms with van der Waals surface area (Å²) < 4.78 is 10.1. The lowest BCUT2D eigenvalue weighted by atomic mass is 10.2. The third-order valence-electron chi connectivity index (χ3n) is 3.05. The Morgan fingerprint density at radius 1 is 1.50 bits per heavy atom. The molecule has 110 valence electrons. The second-order valence-corrected chi connectivity index (χ2v) is 4.52. The Labute approximate surface area is 115 Å². The smallest absolute Gasteiger partial charge is 0.358 e. The molecule has 0 spiro atoms. The van der Waals surface area contributed by atoms with Crippen molar-refractivity contribution in [3.05, 3.63) is 17.5 Å². The van der Waals surface area contributed by atoms with Gasteiger partial charge in [0.1, 0.15) is 0 Å². The maximum absolute atomic E-state index is 12.1. The molecule has 1 atom stereocenters. The number of carboxylic acid groups (broad SMARTS) is 1. The molecule has 2 heterocycles. The molecule has 1 amide bonds. The van der Waals surface area contributed by atoms with Gasteiger partial charge in [-0.05, 0) is 6.92 Å². The first-order chi connectivity index (χ1) is 9.58. The van der Waals surface area contributed by atoms with E-state index in [9.17, 15) is 9.59 Å². The molecule has 8 heteroatoms. The first kappa shape index (κ1) is 14.5. The average Bonchev–Trinajstić information content (AvgIpc) is 2.94. The lowest BCUT2D eigenvalue weighted by Gasteiger charge is -2.29. The first-order valence-electron chi connectivity index (χ1n) is 6.36. The minimum absolute atomic E-state index is 0.00808. The van der Waals surface area contributed by atoms with E-state index in [2.05, 4.69) is 10.5 Å². The second kappa shape index (κ2) is 6.49. The topological polar surface area (TPSA) is 105 Å². The third kappa shape index (κ3) is 3.55. The fraction of sp³-hybridized carbons (Fsp3) is 0.583. The molecule has 1 fully saturated rings. The van der Waals surface area contributed by atoms with Crippen molar-refractivity contribution in [3.8, 4) is 0 Å². The number of hydrogen-bond donors (Lipinski definition) is 2. The number of amides is 1. The van der Waals surface area contributed by atoms with Crippen LogP contribution in [0.5, 0.6) is 0 Å². The highest BCUT2D eigenvalue weighted by Gasteiger charge is 2.22. The molecule has 0 aromatic carbocycles. The van der Waals surface area contributed by atoms with Crippen molar-refractivity contribution in [3.63, 3.8) is 0 Å². The molecule has 1 aromatic heterocycles. The molecule has 1 saturated heterocycles. The number of carbonyl (C=O) groups is 2. The molecule has 1 aromatic rings. The van der Waals surface area contributed by atoms with Crippen LogP contribution >= 0.6 is 0 Å². The van der Waals surface area contributed by atoms with Gasteiger partial charge in [-0.2, -0.15) is 0 Å². The Balaban J connectivity index is 1.82. The maximum Gasteiger partial charge on any atom is 0.358 e. The molecule has 0 radical (unpaired) electrons. The van der Waals surface area contributed by atoms with E-state index in [0.29, 0.717) is 32.1 Å². The summed E-state index contributed by atoms with van der Waals surface area (Å²) in [6, 6.07) is 0.952. The van der Waals surface area contributed by atoms with Gasteiger partial charge in [-0.25, -0.2) is 4.79 Å². The van der Waals surface area contributed by atoms with E-state index in [1.165, 1.54) is 6.07 Å². The zero-order valence-corrected chi connectivity index (χ0v) is 11.2. The van der Waals surface area contributed by atoms with Crippen molar-refractivity contribution < 1.29 is 24.0 Å². The summed E-state index contributed by atoms with van der Waals surface area (Å²) in [6.07, 6.45) is 0. The van der Waals surface area contributed by atoms with Crippen molar-refractivity contribution in [2.75, 3.05) is 26.3 Å². The molecular weight excluding hydrogens is 266 g/mol. The Morgan fingerprint density at radius 2 is 2.20 bits per heavy atom. The van der Waals surface area contributed by atoms with Gasteiger partial charge in [0.05, 0.1) is 25.8 Å². The Morgan fingerprint density at radius 3 is 2.80 bits per heavy atom. The largest absolute Gasteiger partial charge is 0.476 e. The molecule has 20 heavy (non-hydrogen) atoms. The van der Waals surface area contributed by atoms with Crippen molar-refractivity contribution in [2.45, 2.75) is 19.5 Å². The SMILES string of the molecule is CC(NCc1cc(C(=O)O)no1)C(=O)N1CCOCC1. The van der Waals surface area contributed by atoms with E-state index >= 15 is 0 Å². The zero-order valence-electron chi connectivity index (χ0n) is 11.2. The summed E-state index contributed by atoms with van der Waals surface area (Å²) in [5.41, 5.74) is -0.144. The lowest BCUT2D eigenvalue weighted by Crippen LogP contribution is -2.49. The number of hydrogen-bond acceptors (Lipinski definition) is 6. The minimum atomic E-state index is -1.14. The molecule has 0 aliphatic carbocycles. The molecule has 1 aliphatic heterocycles. The predicted molar refractivity (Wildman–Crippen MR) is 67.2 cm³/mol. The number of aromatic nitrogens is 1. The second-order valence-electron chi connectivity index (χ2n) is 4.52. The Hall–Kier alpha value is -1.93. The van der Waals surface area contributed by atoms with Crippen LogP contribution in [0.2, 0.25) is 0 Å². The lowest BCUT2D eigenvalue weighted by molar-refractivity contribution is -0.137. The number of carboxylic acids is 1. The number of morpholine rings is 1. The van der Waals surface area contributed by atoms with Crippen molar-refractivity contribution >= 4 is 11.9 Å². The molecule has 1 unspecified atom stereocenters. The minimum Gasteiger partial charge on any atom is -0.476 e. The van der Waals surface area contributed by atoms with Gasteiger partial charge in [0, 0.05) is 19.2 Å². The van der Waals surface area contributed by atoms with E-state index in [1.807, 2.05) is 0 Å². The van der Waals surface area contributed by atoms with Crippen LogP contribution in [0.3, 0.4) is 0 Å². The number of ether oxygens (including phenoxy) is 1. The average molecular weight is 283 g/mol. The third-order valence-corrected chi connectivity index (χ3v) is 3.05. The standard InChI is InChI=1S/C12H17N3O5/c1-8(11(16)15-2-4-19-5-3-15)13-7-9-6-10(12(17)18)14-20-9/h6,8,13H,2-5,7H2,1H3,(H,17,18). The summed E-state index contributed by atoms with van der Waals surface area (Å²) in [5, 5.41) is 15.1. The van der Waals surface area contributed by atoms with Gasteiger partial charge in [-0.1, -0.05) is 5.16 Å².